The van der Waals surface area contributed by atoms with E-state index in [0.717, 1.165) is 57.4 Å². The lowest BCUT2D eigenvalue weighted by Crippen LogP contribution is -2.53. The van der Waals surface area contributed by atoms with Gasteiger partial charge in [0.2, 0.25) is 0 Å². The maximum atomic E-state index is 10.6. The lowest BCUT2D eigenvalue weighted by molar-refractivity contribution is 0.00245. The zero-order chi connectivity index (χ0) is 20.8. The SMILES string of the molecule is CN=C(NCC(O)c1cc2ccccc2s1)NCC(C1CCOC1)N1CCOCC1. The first-order valence-corrected chi connectivity index (χ1v) is 11.6. The third kappa shape index (κ3) is 5.31. The average molecular weight is 433 g/mol. The number of guanidine groups is 1. The van der Waals surface area contributed by atoms with E-state index in [1.807, 2.05) is 12.1 Å². The standard InChI is InChI=1S/C22H32N4O3S/c1-23-22(25-14-19(27)21-12-16-4-2-3-5-20(16)30-21)24-13-18(17-6-9-29-15-17)26-7-10-28-11-8-26/h2-5,12,17-19,27H,6-11,13-15H2,1H3,(H2,23,24,25). The minimum atomic E-state index is -0.570. The number of nitrogens with one attached hydrogen (secondary N) is 2. The van der Waals surface area contributed by atoms with Gasteiger partial charge in [0.25, 0.3) is 0 Å². The first kappa shape index (κ1) is 21.5. The van der Waals surface area contributed by atoms with E-state index in [2.05, 4.69) is 38.7 Å². The van der Waals surface area contributed by atoms with Gasteiger partial charge in [0.15, 0.2) is 5.96 Å². The number of nitrogens with zero attached hydrogens (tertiary/aromatic N) is 2. The van der Waals surface area contributed by atoms with Gasteiger partial charge in [0, 0.05) is 61.4 Å². The van der Waals surface area contributed by atoms with Gasteiger partial charge in [0.1, 0.15) is 6.10 Å². The van der Waals surface area contributed by atoms with Gasteiger partial charge in [-0.3, -0.25) is 9.89 Å². The highest BCUT2D eigenvalue weighted by atomic mass is 32.1. The van der Waals surface area contributed by atoms with Crippen LogP contribution in [-0.4, -0.2) is 81.7 Å². The number of fused-ring (bicyclic) bond motifs is 1. The molecule has 7 nitrogen and oxygen atoms in total. The first-order valence-electron chi connectivity index (χ1n) is 10.7. The van der Waals surface area contributed by atoms with Crippen molar-refractivity contribution in [3.05, 3.63) is 35.2 Å². The molecule has 8 heteroatoms. The molecule has 3 heterocycles. The topological polar surface area (TPSA) is 78.4 Å². The van der Waals surface area contributed by atoms with Crippen molar-refractivity contribution in [2.24, 2.45) is 10.9 Å². The summed E-state index contributed by atoms with van der Waals surface area (Å²) in [6.07, 6.45) is 0.527. The van der Waals surface area contributed by atoms with E-state index in [1.165, 1.54) is 10.1 Å². The van der Waals surface area contributed by atoms with Gasteiger partial charge in [-0.1, -0.05) is 18.2 Å². The largest absolute Gasteiger partial charge is 0.386 e. The van der Waals surface area contributed by atoms with E-state index >= 15 is 0 Å². The van der Waals surface area contributed by atoms with Crippen LogP contribution in [-0.2, 0) is 9.47 Å². The van der Waals surface area contributed by atoms with E-state index in [-0.39, 0.29) is 0 Å². The van der Waals surface area contributed by atoms with E-state index in [4.69, 9.17) is 9.47 Å². The third-order valence-electron chi connectivity index (χ3n) is 5.96. The van der Waals surface area contributed by atoms with Crippen LogP contribution in [0.15, 0.2) is 35.3 Å². The molecule has 2 fully saturated rings. The molecule has 3 unspecified atom stereocenters. The molecule has 0 aliphatic carbocycles. The summed E-state index contributed by atoms with van der Waals surface area (Å²) in [7, 11) is 1.77. The van der Waals surface area contributed by atoms with E-state index in [9.17, 15) is 5.11 Å². The molecule has 2 aliphatic heterocycles. The van der Waals surface area contributed by atoms with Crippen molar-refractivity contribution in [1.82, 2.24) is 15.5 Å². The van der Waals surface area contributed by atoms with E-state index in [0.29, 0.717) is 24.5 Å². The highest BCUT2D eigenvalue weighted by Crippen LogP contribution is 2.29. The number of hydrogen-bond donors (Lipinski definition) is 3. The molecular weight excluding hydrogens is 400 g/mol. The fourth-order valence-electron chi connectivity index (χ4n) is 4.24. The predicted octanol–water partition coefficient (Wildman–Crippen LogP) is 1.84. The second kappa shape index (κ2) is 10.5. The summed E-state index contributed by atoms with van der Waals surface area (Å²) in [5, 5.41) is 18.6. The van der Waals surface area contributed by atoms with Gasteiger partial charge in [-0.15, -0.1) is 11.3 Å². The van der Waals surface area contributed by atoms with Crippen molar-refractivity contribution in [3.8, 4) is 0 Å². The minimum Gasteiger partial charge on any atom is -0.386 e. The third-order valence-corrected chi connectivity index (χ3v) is 7.18. The van der Waals surface area contributed by atoms with E-state index < -0.39 is 6.10 Å². The Hall–Kier alpha value is -1.71. The summed E-state index contributed by atoms with van der Waals surface area (Å²) in [5.74, 6) is 1.24. The van der Waals surface area contributed by atoms with Gasteiger partial charge in [-0.2, -0.15) is 0 Å². The summed E-state index contributed by atoms with van der Waals surface area (Å²) in [6, 6.07) is 10.7. The summed E-state index contributed by atoms with van der Waals surface area (Å²) in [4.78, 5) is 7.83. The van der Waals surface area contributed by atoms with Crippen molar-refractivity contribution >= 4 is 27.4 Å². The monoisotopic (exact) mass is 432 g/mol. The molecule has 0 saturated carbocycles. The number of aliphatic hydroxyl groups is 1. The Balaban J connectivity index is 1.31. The highest BCUT2D eigenvalue weighted by molar-refractivity contribution is 7.19. The number of aliphatic hydroxyl groups excluding tert-OH is 1. The van der Waals surface area contributed by atoms with Gasteiger partial charge < -0.3 is 25.2 Å². The average Bonchev–Trinajstić information content (AvgIpc) is 3.46. The fourth-order valence-corrected chi connectivity index (χ4v) is 5.29. The number of rotatable bonds is 7. The highest BCUT2D eigenvalue weighted by Gasteiger charge is 2.31. The molecule has 2 aliphatic rings. The van der Waals surface area contributed by atoms with E-state index in [1.54, 1.807) is 18.4 Å². The number of hydrogen-bond acceptors (Lipinski definition) is 6. The second-order valence-corrected chi connectivity index (χ2v) is 8.99. The molecular formula is C22H32N4O3S. The Bertz CT molecular complexity index is 798. The summed E-state index contributed by atoms with van der Waals surface area (Å²) in [6.45, 7) is 6.38. The maximum Gasteiger partial charge on any atom is 0.191 e. The second-order valence-electron chi connectivity index (χ2n) is 7.88. The zero-order valence-electron chi connectivity index (χ0n) is 17.5. The number of morpholine rings is 1. The van der Waals surface area contributed by atoms with Crippen LogP contribution in [0.25, 0.3) is 10.1 Å². The van der Waals surface area contributed by atoms with Crippen molar-refractivity contribution in [2.45, 2.75) is 18.6 Å². The van der Waals surface area contributed by atoms with Crippen LogP contribution in [0.1, 0.15) is 17.4 Å². The van der Waals surface area contributed by atoms with Crippen LogP contribution < -0.4 is 10.6 Å². The minimum absolute atomic E-state index is 0.391. The van der Waals surface area contributed by atoms with Crippen LogP contribution >= 0.6 is 11.3 Å². The van der Waals surface area contributed by atoms with Crippen LogP contribution in [0.5, 0.6) is 0 Å². The molecule has 0 bridgehead atoms. The van der Waals surface area contributed by atoms with Crippen molar-refractivity contribution in [1.29, 1.82) is 0 Å². The van der Waals surface area contributed by atoms with Crippen molar-refractivity contribution in [2.75, 3.05) is 59.7 Å². The first-order chi connectivity index (χ1) is 14.7. The van der Waals surface area contributed by atoms with Crippen LogP contribution in [0, 0.1) is 5.92 Å². The van der Waals surface area contributed by atoms with Gasteiger partial charge in [-0.25, -0.2) is 0 Å². The van der Waals surface area contributed by atoms with Crippen LogP contribution in [0.4, 0.5) is 0 Å². The number of benzene rings is 1. The molecule has 4 rings (SSSR count). The lowest BCUT2D eigenvalue weighted by Gasteiger charge is -2.37. The Kier molecular flexibility index (Phi) is 7.57. The van der Waals surface area contributed by atoms with Crippen molar-refractivity contribution in [3.63, 3.8) is 0 Å². The lowest BCUT2D eigenvalue weighted by atomic mass is 9.97. The molecule has 1 aromatic heterocycles. The summed E-state index contributed by atoms with van der Waals surface area (Å²) in [5.41, 5.74) is 0. The zero-order valence-corrected chi connectivity index (χ0v) is 18.4. The van der Waals surface area contributed by atoms with Gasteiger partial charge in [0.05, 0.1) is 19.8 Å². The van der Waals surface area contributed by atoms with Crippen LogP contribution in [0.3, 0.4) is 0 Å². The normalized spacial score (nSPS) is 22.9. The van der Waals surface area contributed by atoms with Gasteiger partial charge >= 0.3 is 0 Å². The molecule has 2 saturated heterocycles. The maximum absolute atomic E-state index is 10.6. The Morgan fingerprint density at radius 1 is 1.20 bits per heavy atom. The summed E-state index contributed by atoms with van der Waals surface area (Å²) >= 11 is 1.64. The van der Waals surface area contributed by atoms with Crippen molar-refractivity contribution < 1.29 is 14.6 Å². The molecule has 0 radical (unpaired) electrons. The molecule has 0 spiro atoms. The molecule has 0 amide bonds. The fraction of sp³-hybridized carbons (Fsp3) is 0.591. The Morgan fingerprint density at radius 3 is 2.73 bits per heavy atom. The smallest absolute Gasteiger partial charge is 0.191 e. The van der Waals surface area contributed by atoms with Gasteiger partial charge in [-0.05, 0) is 23.9 Å². The van der Waals surface area contributed by atoms with Crippen LogP contribution in [0.2, 0.25) is 0 Å². The predicted molar refractivity (Wildman–Crippen MR) is 121 cm³/mol. The molecule has 164 valence electrons. The molecule has 3 N–H and O–H groups in total. The molecule has 3 atom stereocenters. The summed E-state index contributed by atoms with van der Waals surface area (Å²) < 4.78 is 12.4. The Morgan fingerprint density at radius 2 is 2.00 bits per heavy atom. The quantitative estimate of drug-likeness (QED) is 0.458. The number of thiophene rings is 1. The molecule has 2 aromatic rings. The number of aliphatic imine (C=N–C) groups is 1. The molecule has 30 heavy (non-hydrogen) atoms. The number of ether oxygens (including phenoxy) is 2. The molecule has 1 aromatic carbocycles. The Labute approximate surface area is 182 Å².